The summed E-state index contributed by atoms with van der Waals surface area (Å²) in [6, 6.07) is 7.03. The van der Waals surface area contributed by atoms with Crippen LogP contribution in [0, 0.1) is 0 Å². The van der Waals surface area contributed by atoms with Crippen molar-refractivity contribution in [2.75, 3.05) is 5.32 Å². The number of hydrogen-bond donors (Lipinski definition) is 1. The normalized spacial score (nSPS) is 13.5. The summed E-state index contributed by atoms with van der Waals surface area (Å²) < 4.78 is 0. The summed E-state index contributed by atoms with van der Waals surface area (Å²) in [7, 11) is 0. The molecule has 0 atom stereocenters. The molecule has 5 heteroatoms. The summed E-state index contributed by atoms with van der Waals surface area (Å²) >= 11 is 5.93. The van der Waals surface area contributed by atoms with Crippen LogP contribution in [0.2, 0.25) is 5.15 Å². The van der Waals surface area contributed by atoms with Gasteiger partial charge >= 0.3 is 6.03 Å². The van der Waals surface area contributed by atoms with Gasteiger partial charge in [-0.2, -0.15) is 5.32 Å². The van der Waals surface area contributed by atoms with Crippen LogP contribution in [0.15, 0.2) is 24.3 Å². The second kappa shape index (κ2) is 2.84. The van der Waals surface area contributed by atoms with Crippen LogP contribution in [-0.2, 0) is 0 Å². The lowest BCUT2D eigenvalue weighted by Crippen LogP contribution is -2.08. The molecule has 1 radical (unpaired) electrons. The second-order valence-corrected chi connectivity index (χ2v) is 3.54. The topological polar surface area (TPSA) is 56.1 Å². The molecule has 0 saturated carbocycles. The molecule has 1 aliphatic rings. The number of halogens is 1. The van der Waals surface area contributed by atoms with Crippen LogP contribution in [0.25, 0.3) is 10.9 Å². The monoisotopic (exact) mass is 218 g/mol. The summed E-state index contributed by atoms with van der Waals surface area (Å²) in [6.07, 6.45) is 0. The van der Waals surface area contributed by atoms with E-state index in [0.29, 0.717) is 11.4 Å². The van der Waals surface area contributed by atoms with Gasteiger partial charge in [0.15, 0.2) is 5.15 Å². The fourth-order valence-corrected chi connectivity index (χ4v) is 1.86. The van der Waals surface area contributed by atoms with Gasteiger partial charge < -0.3 is 5.32 Å². The maximum Gasteiger partial charge on any atom is 0.346 e. The highest BCUT2D eigenvalue weighted by Gasteiger charge is 2.24. The number of urea groups is 1. The first-order valence-electron chi connectivity index (χ1n) is 4.36. The molecule has 1 aliphatic heterocycles. The fraction of sp³-hybridized carbons (Fsp3) is 0. The predicted molar refractivity (Wildman–Crippen MR) is 57.6 cm³/mol. The number of hydrogen-bond acceptors (Lipinski definition) is 2. The van der Waals surface area contributed by atoms with Crippen LogP contribution in [0.5, 0.6) is 0 Å². The van der Waals surface area contributed by atoms with Crippen LogP contribution in [0.1, 0.15) is 0 Å². The summed E-state index contributed by atoms with van der Waals surface area (Å²) in [5.41, 5.74) is 1.82. The van der Waals surface area contributed by atoms with Crippen molar-refractivity contribution in [3.63, 3.8) is 0 Å². The third kappa shape index (κ3) is 1.15. The van der Waals surface area contributed by atoms with Crippen LogP contribution in [0.3, 0.4) is 0 Å². The van der Waals surface area contributed by atoms with Gasteiger partial charge in [-0.05, 0) is 6.07 Å². The van der Waals surface area contributed by atoms with E-state index in [9.17, 15) is 4.79 Å². The number of nitrogens with one attached hydrogen (secondary N) is 1. The molecule has 1 aromatic heterocycles. The van der Waals surface area contributed by atoms with Crippen molar-refractivity contribution in [3.05, 3.63) is 29.4 Å². The van der Waals surface area contributed by atoms with Gasteiger partial charge in [0.2, 0.25) is 0 Å². The molecule has 1 aromatic carbocycles. The van der Waals surface area contributed by atoms with Gasteiger partial charge in [-0.25, -0.2) is 9.78 Å². The smallest absolute Gasteiger partial charge is 0.301 e. The number of para-hydroxylation sites is 1. The number of carbonyl (C=O) groups is 1. The predicted octanol–water partition coefficient (Wildman–Crippen LogP) is 2.67. The minimum atomic E-state index is -0.398. The van der Waals surface area contributed by atoms with E-state index >= 15 is 0 Å². The Hall–Kier alpha value is -1.81. The third-order valence-electron chi connectivity index (χ3n) is 2.27. The van der Waals surface area contributed by atoms with E-state index in [1.807, 2.05) is 24.3 Å². The SMILES string of the molecule is O=C1[N]c2c(c(Cl)nc3ccccc23)N1. The molecule has 2 aromatic rings. The number of carbonyl (C=O) groups excluding carboxylic acids is 1. The highest BCUT2D eigenvalue weighted by atomic mass is 35.5. The van der Waals surface area contributed by atoms with Gasteiger partial charge in [0, 0.05) is 5.39 Å². The Bertz CT molecular complexity index is 582. The average Bonchev–Trinajstić information content (AvgIpc) is 2.61. The van der Waals surface area contributed by atoms with Crippen LogP contribution in [0.4, 0.5) is 16.2 Å². The van der Waals surface area contributed by atoms with Crippen molar-refractivity contribution in [1.29, 1.82) is 0 Å². The molecule has 0 bridgehead atoms. The first-order chi connectivity index (χ1) is 7.25. The molecule has 0 spiro atoms. The Balaban J connectivity index is 2.43. The van der Waals surface area contributed by atoms with E-state index in [1.165, 1.54) is 0 Å². The van der Waals surface area contributed by atoms with Crippen molar-refractivity contribution in [3.8, 4) is 0 Å². The van der Waals surface area contributed by atoms with Gasteiger partial charge in [-0.1, -0.05) is 29.8 Å². The maximum atomic E-state index is 11.1. The summed E-state index contributed by atoms with van der Waals surface area (Å²) in [5, 5.41) is 7.53. The van der Waals surface area contributed by atoms with Crippen molar-refractivity contribution in [2.24, 2.45) is 0 Å². The Morgan fingerprint density at radius 1 is 1.27 bits per heavy atom. The number of benzene rings is 1. The first kappa shape index (κ1) is 8.49. The first-order valence-corrected chi connectivity index (χ1v) is 4.74. The molecular formula is C10H5ClN3O. The molecule has 0 saturated heterocycles. The van der Waals surface area contributed by atoms with Gasteiger partial charge in [0.25, 0.3) is 0 Å². The van der Waals surface area contributed by atoms with Crippen molar-refractivity contribution >= 4 is 39.9 Å². The number of nitrogens with zero attached hydrogens (tertiary/aromatic N) is 2. The lowest BCUT2D eigenvalue weighted by atomic mass is 10.2. The molecule has 0 fully saturated rings. The zero-order valence-electron chi connectivity index (χ0n) is 7.49. The van der Waals surface area contributed by atoms with E-state index in [2.05, 4.69) is 15.6 Å². The minimum absolute atomic E-state index is 0.276. The zero-order chi connectivity index (χ0) is 10.4. The van der Waals surface area contributed by atoms with Gasteiger partial charge in [-0.15, -0.1) is 0 Å². The molecular weight excluding hydrogens is 214 g/mol. The van der Waals surface area contributed by atoms with Gasteiger partial charge in [-0.3, -0.25) is 0 Å². The Labute approximate surface area is 90.3 Å². The van der Waals surface area contributed by atoms with Crippen molar-refractivity contribution < 1.29 is 4.79 Å². The van der Waals surface area contributed by atoms with E-state index in [1.54, 1.807) is 0 Å². The van der Waals surface area contributed by atoms with Crippen LogP contribution < -0.4 is 10.6 Å². The van der Waals surface area contributed by atoms with Crippen molar-refractivity contribution in [2.45, 2.75) is 0 Å². The molecule has 2 amide bonds. The highest BCUT2D eigenvalue weighted by molar-refractivity contribution is 6.35. The fourth-order valence-electron chi connectivity index (χ4n) is 1.63. The molecule has 0 unspecified atom stereocenters. The molecule has 73 valence electrons. The van der Waals surface area contributed by atoms with E-state index < -0.39 is 6.03 Å². The number of fused-ring (bicyclic) bond motifs is 3. The summed E-state index contributed by atoms with van der Waals surface area (Å²) in [6.45, 7) is 0. The van der Waals surface area contributed by atoms with E-state index in [0.717, 1.165) is 10.9 Å². The van der Waals surface area contributed by atoms with Crippen molar-refractivity contribution in [1.82, 2.24) is 10.3 Å². The van der Waals surface area contributed by atoms with E-state index in [4.69, 9.17) is 11.6 Å². The molecule has 2 heterocycles. The number of aromatic nitrogens is 1. The highest BCUT2D eigenvalue weighted by Crippen LogP contribution is 2.38. The van der Waals surface area contributed by atoms with Crippen LogP contribution >= 0.6 is 11.6 Å². The summed E-state index contributed by atoms with van der Waals surface area (Å²) in [5.74, 6) is 0. The van der Waals surface area contributed by atoms with Gasteiger partial charge in [0.05, 0.1) is 5.52 Å². The average molecular weight is 219 g/mol. The Morgan fingerprint density at radius 3 is 2.93 bits per heavy atom. The number of rotatable bonds is 0. The largest absolute Gasteiger partial charge is 0.346 e. The molecule has 15 heavy (non-hydrogen) atoms. The maximum absolute atomic E-state index is 11.1. The zero-order valence-corrected chi connectivity index (χ0v) is 8.25. The minimum Gasteiger partial charge on any atom is -0.301 e. The van der Waals surface area contributed by atoms with Gasteiger partial charge in [0.1, 0.15) is 11.4 Å². The molecule has 3 rings (SSSR count). The Kier molecular flexibility index (Phi) is 1.61. The number of anilines is 1. The lowest BCUT2D eigenvalue weighted by Gasteiger charge is -2.03. The Morgan fingerprint density at radius 2 is 2.07 bits per heavy atom. The lowest BCUT2D eigenvalue weighted by molar-refractivity contribution is 0.256. The summed E-state index contributed by atoms with van der Waals surface area (Å²) in [4.78, 5) is 15.3. The second-order valence-electron chi connectivity index (χ2n) is 3.19. The number of amides is 2. The molecule has 1 N–H and O–H groups in total. The number of pyridine rings is 1. The standard InChI is InChI=1S/C10H5ClN3O/c11-9-8-7(13-10(15)14-8)5-3-1-2-4-6(5)12-9/h1-4H,(H,14,15). The molecule has 0 aliphatic carbocycles. The molecule has 4 nitrogen and oxygen atoms in total. The van der Waals surface area contributed by atoms with E-state index in [-0.39, 0.29) is 5.15 Å². The third-order valence-corrected chi connectivity index (χ3v) is 2.54. The van der Waals surface area contributed by atoms with Crippen LogP contribution in [-0.4, -0.2) is 11.0 Å². The quantitative estimate of drug-likeness (QED) is 0.691.